The summed E-state index contributed by atoms with van der Waals surface area (Å²) in [5.74, 6) is -0.578. The van der Waals surface area contributed by atoms with E-state index in [-0.39, 0.29) is 23.6 Å². The lowest BCUT2D eigenvalue weighted by molar-refractivity contribution is -0.139. The van der Waals surface area contributed by atoms with Gasteiger partial charge >= 0.3 is 5.97 Å². The Morgan fingerprint density at radius 1 is 1.05 bits per heavy atom. The molecule has 2 aliphatic rings. The molecule has 2 aliphatic heterocycles. The minimum atomic E-state index is -0.827. The summed E-state index contributed by atoms with van der Waals surface area (Å²) < 4.78 is 18.0. The Bertz CT molecular complexity index is 1740. The number of fused-ring (bicyclic) bond motifs is 1. The molecule has 1 aromatic heterocycles. The zero-order valence-electron chi connectivity index (χ0n) is 22.7. The second-order valence-electron chi connectivity index (χ2n) is 9.14. The van der Waals surface area contributed by atoms with Crippen molar-refractivity contribution in [1.29, 1.82) is 0 Å². The predicted octanol–water partition coefficient (Wildman–Crippen LogP) is 2.81. The normalized spacial score (nSPS) is 18.8. The van der Waals surface area contributed by atoms with Gasteiger partial charge in [-0.05, 0) is 56.7 Å². The number of allylic oxidation sites excluding steroid dienone is 1. The highest BCUT2D eigenvalue weighted by Gasteiger charge is 2.36. The van der Waals surface area contributed by atoms with Crippen LogP contribution in [0.15, 0.2) is 74.7 Å². The molecule has 0 spiro atoms. The molecule has 11 heteroatoms. The van der Waals surface area contributed by atoms with Crippen LogP contribution in [0, 0.1) is 5.92 Å². The summed E-state index contributed by atoms with van der Waals surface area (Å²) >= 11 is 1.16. The number of methoxy groups -OCH3 is 2. The molecule has 5 rings (SSSR count). The molecule has 0 saturated heterocycles. The highest BCUT2D eigenvalue weighted by molar-refractivity contribution is 7.07. The maximum Gasteiger partial charge on any atom is 0.338 e. The fourth-order valence-corrected chi connectivity index (χ4v) is 5.88. The summed E-state index contributed by atoms with van der Waals surface area (Å²) in [6, 6.07) is 13.5. The number of thiazole rings is 1. The molecule has 10 nitrogen and oxygen atoms in total. The second kappa shape index (κ2) is 10.9. The van der Waals surface area contributed by atoms with Crippen LogP contribution in [0.3, 0.4) is 0 Å². The molecular formula is C29H28N4O6S. The van der Waals surface area contributed by atoms with Gasteiger partial charge in [-0.2, -0.15) is 10.1 Å². The first kappa shape index (κ1) is 27.1. The van der Waals surface area contributed by atoms with E-state index in [2.05, 4.69) is 10.1 Å². The Morgan fingerprint density at radius 3 is 2.45 bits per heavy atom. The third kappa shape index (κ3) is 4.62. The Hall–Kier alpha value is -4.51. The Kier molecular flexibility index (Phi) is 7.40. The van der Waals surface area contributed by atoms with E-state index in [0.29, 0.717) is 43.5 Å². The van der Waals surface area contributed by atoms with E-state index in [1.165, 1.54) is 23.8 Å². The van der Waals surface area contributed by atoms with Gasteiger partial charge in [0.15, 0.2) is 16.3 Å². The van der Waals surface area contributed by atoms with Crippen LogP contribution in [0.4, 0.5) is 5.69 Å². The number of rotatable bonds is 7. The molecule has 0 fully saturated rings. The second-order valence-corrected chi connectivity index (χ2v) is 10.2. The highest BCUT2D eigenvalue weighted by Crippen LogP contribution is 2.36. The largest absolute Gasteiger partial charge is 0.493 e. The number of hydrogen-bond acceptors (Lipinski definition) is 9. The monoisotopic (exact) mass is 560 g/mol. The van der Waals surface area contributed by atoms with Crippen molar-refractivity contribution in [2.45, 2.75) is 26.8 Å². The zero-order valence-corrected chi connectivity index (χ0v) is 23.5. The summed E-state index contributed by atoms with van der Waals surface area (Å²) in [5, 5.41) is 5.79. The van der Waals surface area contributed by atoms with Crippen LogP contribution in [0.25, 0.3) is 6.08 Å². The first-order valence-corrected chi connectivity index (χ1v) is 13.5. The number of anilines is 1. The highest BCUT2D eigenvalue weighted by atomic mass is 32.1. The average Bonchev–Trinajstić information content (AvgIpc) is 3.42. The Balaban J connectivity index is 1.65. The van der Waals surface area contributed by atoms with E-state index in [0.717, 1.165) is 11.3 Å². The molecule has 2 atom stereocenters. The van der Waals surface area contributed by atoms with Crippen LogP contribution in [0.1, 0.15) is 32.4 Å². The number of aromatic nitrogens is 1. The van der Waals surface area contributed by atoms with E-state index in [4.69, 9.17) is 14.2 Å². The van der Waals surface area contributed by atoms with Gasteiger partial charge in [0.2, 0.25) is 0 Å². The fraction of sp³-hybridized carbons (Fsp3) is 0.276. The number of carbonyl (C=O) groups is 2. The van der Waals surface area contributed by atoms with Crippen molar-refractivity contribution in [3.05, 3.63) is 85.1 Å². The predicted molar refractivity (Wildman–Crippen MR) is 151 cm³/mol. The van der Waals surface area contributed by atoms with Crippen LogP contribution < -0.4 is 29.4 Å². The SMILES string of the molecule is CCOC(=O)C1=C(C)N=c2s/c(=C/[C@@H]3C(=O)N(c4ccccc4)N=C3C)c(=O)n2[C@H]1c1ccc(OC)c(OC)c1. The molecule has 206 valence electrons. The molecule has 0 radical (unpaired) electrons. The summed E-state index contributed by atoms with van der Waals surface area (Å²) in [4.78, 5) is 45.4. The summed E-state index contributed by atoms with van der Waals surface area (Å²) in [6.07, 6.45) is 1.63. The number of nitrogens with zero attached hydrogens (tertiary/aromatic N) is 4. The fourth-order valence-electron chi connectivity index (χ4n) is 4.82. The summed E-state index contributed by atoms with van der Waals surface area (Å²) in [7, 11) is 3.05. The van der Waals surface area contributed by atoms with Crippen molar-refractivity contribution in [3.8, 4) is 11.5 Å². The molecule has 40 heavy (non-hydrogen) atoms. The van der Waals surface area contributed by atoms with Gasteiger partial charge in [0.25, 0.3) is 11.5 Å². The van der Waals surface area contributed by atoms with Gasteiger partial charge in [-0.25, -0.2) is 9.79 Å². The van der Waals surface area contributed by atoms with E-state index in [1.54, 1.807) is 57.2 Å². The number of para-hydroxylation sites is 1. The molecule has 0 saturated carbocycles. The molecule has 0 unspecified atom stereocenters. The molecule has 2 aromatic carbocycles. The van der Waals surface area contributed by atoms with Crippen LogP contribution in [0.2, 0.25) is 0 Å². The van der Waals surface area contributed by atoms with Crippen molar-refractivity contribution in [3.63, 3.8) is 0 Å². The minimum absolute atomic E-state index is 0.166. The van der Waals surface area contributed by atoms with Crippen molar-refractivity contribution < 1.29 is 23.8 Å². The Morgan fingerprint density at radius 2 is 1.77 bits per heavy atom. The molecule has 0 N–H and O–H groups in total. The van der Waals surface area contributed by atoms with Gasteiger partial charge in [-0.3, -0.25) is 14.2 Å². The molecule has 3 aromatic rings. The maximum absolute atomic E-state index is 13.9. The van der Waals surface area contributed by atoms with E-state index in [1.807, 2.05) is 18.2 Å². The van der Waals surface area contributed by atoms with Crippen LogP contribution >= 0.6 is 11.3 Å². The Labute approximate surface area is 234 Å². The van der Waals surface area contributed by atoms with E-state index >= 15 is 0 Å². The van der Waals surface area contributed by atoms with Gasteiger partial charge in [-0.15, -0.1) is 0 Å². The number of carbonyl (C=O) groups excluding carboxylic acids is 2. The molecule has 3 heterocycles. The molecule has 0 aliphatic carbocycles. The number of esters is 1. The van der Waals surface area contributed by atoms with Crippen molar-refractivity contribution in [1.82, 2.24) is 4.57 Å². The molecular weight excluding hydrogens is 532 g/mol. The quantitative estimate of drug-likeness (QED) is 0.411. The van der Waals surface area contributed by atoms with Gasteiger partial charge in [0, 0.05) is 0 Å². The number of benzene rings is 2. The van der Waals surface area contributed by atoms with Gasteiger partial charge in [0.1, 0.15) is 5.92 Å². The average molecular weight is 561 g/mol. The smallest absolute Gasteiger partial charge is 0.338 e. The third-order valence-corrected chi connectivity index (χ3v) is 7.74. The number of ether oxygens (including phenoxy) is 3. The van der Waals surface area contributed by atoms with Crippen molar-refractivity contribution in [2.75, 3.05) is 25.8 Å². The van der Waals surface area contributed by atoms with Gasteiger partial charge < -0.3 is 14.2 Å². The maximum atomic E-state index is 13.9. The summed E-state index contributed by atoms with van der Waals surface area (Å²) in [6.45, 7) is 5.36. The number of amides is 1. The lowest BCUT2D eigenvalue weighted by atomic mass is 9.95. The molecule has 1 amide bonds. The van der Waals surface area contributed by atoms with Crippen molar-refractivity contribution in [2.24, 2.45) is 16.0 Å². The van der Waals surface area contributed by atoms with Crippen LogP contribution in [0.5, 0.6) is 11.5 Å². The third-order valence-electron chi connectivity index (χ3n) is 6.74. The zero-order chi connectivity index (χ0) is 28.6. The van der Waals surface area contributed by atoms with Crippen LogP contribution in [-0.2, 0) is 14.3 Å². The minimum Gasteiger partial charge on any atom is -0.493 e. The van der Waals surface area contributed by atoms with E-state index in [9.17, 15) is 14.4 Å². The molecule has 0 bridgehead atoms. The number of hydrogen-bond donors (Lipinski definition) is 0. The van der Waals surface area contributed by atoms with Gasteiger partial charge in [0.05, 0.1) is 54.1 Å². The lowest BCUT2D eigenvalue weighted by Crippen LogP contribution is -2.40. The first-order chi connectivity index (χ1) is 19.3. The first-order valence-electron chi connectivity index (χ1n) is 12.6. The van der Waals surface area contributed by atoms with Crippen LogP contribution in [-0.4, -0.2) is 43.0 Å². The van der Waals surface area contributed by atoms with Gasteiger partial charge in [-0.1, -0.05) is 35.6 Å². The number of hydrazone groups is 1. The van der Waals surface area contributed by atoms with E-state index < -0.39 is 17.9 Å². The topological polar surface area (TPSA) is 112 Å². The standard InChI is InChI=1S/C29H28N4O6S/c1-6-39-28(36)24-17(3)30-29-32(25(24)18-12-13-21(37-4)22(14-18)38-5)27(35)23(40-29)15-20-16(2)31-33(26(20)34)19-10-8-7-9-11-19/h7-15,20,25H,6H2,1-5H3/b23-15+/t20-,25-/m0/s1. The lowest BCUT2D eigenvalue weighted by Gasteiger charge is -2.25. The van der Waals surface area contributed by atoms with Crippen molar-refractivity contribution >= 4 is 40.7 Å². The summed E-state index contributed by atoms with van der Waals surface area (Å²) in [5.41, 5.74) is 2.14.